The summed E-state index contributed by atoms with van der Waals surface area (Å²) >= 11 is 2.91. The number of aromatic nitrogens is 2. The van der Waals surface area contributed by atoms with E-state index in [1.54, 1.807) is 4.90 Å². The predicted molar refractivity (Wildman–Crippen MR) is 124 cm³/mol. The van der Waals surface area contributed by atoms with Crippen LogP contribution < -0.4 is 5.56 Å². The summed E-state index contributed by atoms with van der Waals surface area (Å²) in [7, 11) is -3.07. The van der Waals surface area contributed by atoms with E-state index in [4.69, 9.17) is 0 Å². The van der Waals surface area contributed by atoms with E-state index in [1.165, 1.54) is 23.1 Å². The van der Waals surface area contributed by atoms with Gasteiger partial charge in [0.05, 0.1) is 27.9 Å². The molecule has 166 valence electrons. The SMILES string of the molecule is Cc1sc2nc(CSC(C)C(=O)N(CC(C)C)C3CCS(=O)(=O)C3)[nH]c(=O)c2c1C. The number of aryl methyl sites for hydroxylation is 2. The fraction of sp³-hybridized carbons (Fsp3) is 0.650. The van der Waals surface area contributed by atoms with Gasteiger partial charge in [-0.15, -0.1) is 23.1 Å². The highest BCUT2D eigenvalue weighted by atomic mass is 32.2. The second kappa shape index (κ2) is 9.00. The molecule has 0 radical (unpaired) electrons. The number of hydrogen-bond acceptors (Lipinski definition) is 7. The van der Waals surface area contributed by atoms with Crippen LogP contribution in [0.15, 0.2) is 4.79 Å². The van der Waals surface area contributed by atoms with Crippen LogP contribution in [0.2, 0.25) is 0 Å². The first-order valence-corrected chi connectivity index (χ1v) is 13.8. The minimum Gasteiger partial charge on any atom is -0.337 e. The molecule has 2 aromatic rings. The predicted octanol–water partition coefficient (Wildman–Crippen LogP) is 2.89. The standard InChI is InChI=1S/C20H29N3O4S3/c1-11(2)8-23(15-6-7-30(26,27)10-15)20(25)14(5)28-9-16-21-18(24)17-12(3)13(4)29-19(17)22-16/h11,14-15H,6-10H2,1-5H3,(H,21,22,24). The van der Waals surface area contributed by atoms with Crippen LogP contribution in [0.5, 0.6) is 0 Å². The van der Waals surface area contributed by atoms with Gasteiger partial charge in [0.2, 0.25) is 5.91 Å². The van der Waals surface area contributed by atoms with E-state index in [0.717, 1.165) is 15.3 Å². The fourth-order valence-corrected chi connectivity index (χ4v) is 7.31. The zero-order chi connectivity index (χ0) is 22.2. The number of aromatic amines is 1. The Hall–Kier alpha value is -1.39. The molecule has 0 bridgehead atoms. The van der Waals surface area contributed by atoms with Crippen molar-refractivity contribution in [2.75, 3.05) is 18.1 Å². The number of H-pyrrole nitrogens is 1. The van der Waals surface area contributed by atoms with Gasteiger partial charge in [-0.05, 0) is 38.7 Å². The van der Waals surface area contributed by atoms with Gasteiger partial charge in [-0.2, -0.15) is 0 Å². The molecule has 1 amide bonds. The number of rotatable bonds is 7. The van der Waals surface area contributed by atoms with Gasteiger partial charge >= 0.3 is 0 Å². The lowest BCUT2D eigenvalue weighted by atomic mass is 10.1. The topological polar surface area (TPSA) is 100 Å². The number of carbonyl (C=O) groups excluding carboxylic acids is 1. The Balaban J connectivity index is 1.72. The quantitative estimate of drug-likeness (QED) is 0.666. The Morgan fingerprint density at radius 3 is 2.63 bits per heavy atom. The van der Waals surface area contributed by atoms with E-state index in [0.29, 0.717) is 29.9 Å². The van der Waals surface area contributed by atoms with E-state index in [2.05, 4.69) is 9.97 Å². The minimum atomic E-state index is -3.07. The Labute approximate surface area is 185 Å². The summed E-state index contributed by atoms with van der Waals surface area (Å²) in [5, 5.41) is 0.279. The van der Waals surface area contributed by atoms with Crippen LogP contribution in [-0.4, -0.2) is 58.5 Å². The summed E-state index contributed by atoms with van der Waals surface area (Å²) in [4.78, 5) is 36.6. The van der Waals surface area contributed by atoms with Crippen molar-refractivity contribution in [3.05, 3.63) is 26.6 Å². The highest BCUT2D eigenvalue weighted by Crippen LogP contribution is 2.27. The molecule has 2 unspecified atom stereocenters. The van der Waals surface area contributed by atoms with E-state index in [-0.39, 0.29) is 40.2 Å². The molecule has 7 nitrogen and oxygen atoms in total. The molecule has 2 aromatic heterocycles. The first kappa shape index (κ1) is 23.3. The molecule has 0 aromatic carbocycles. The number of amides is 1. The molecule has 2 atom stereocenters. The van der Waals surface area contributed by atoms with Gasteiger partial charge < -0.3 is 9.88 Å². The second-order valence-corrected chi connectivity index (χ2v) is 13.1. The van der Waals surface area contributed by atoms with Gasteiger partial charge in [0.1, 0.15) is 10.7 Å². The number of sulfone groups is 1. The minimum absolute atomic E-state index is 0.0471. The highest BCUT2D eigenvalue weighted by molar-refractivity contribution is 7.99. The van der Waals surface area contributed by atoms with E-state index in [1.807, 2.05) is 34.6 Å². The van der Waals surface area contributed by atoms with E-state index < -0.39 is 9.84 Å². The molecular weight excluding hydrogens is 442 g/mol. The molecule has 0 spiro atoms. The maximum absolute atomic E-state index is 13.1. The summed E-state index contributed by atoms with van der Waals surface area (Å²) in [6.07, 6.45) is 0.501. The number of hydrogen-bond donors (Lipinski definition) is 1. The van der Waals surface area contributed by atoms with Gasteiger partial charge in [-0.1, -0.05) is 13.8 Å². The first-order valence-electron chi connectivity index (χ1n) is 10.1. The van der Waals surface area contributed by atoms with Gasteiger partial charge in [0, 0.05) is 17.5 Å². The van der Waals surface area contributed by atoms with Crippen molar-refractivity contribution in [1.29, 1.82) is 0 Å². The molecule has 1 aliphatic rings. The second-order valence-electron chi connectivity index (χ2n) is 8.37. The summed E-state index contributed by atoms with van der Waals surface area (Å²) in [6, 6.07) is -0.251. The molecule has 10 heteroatoms. The van der Waals surface area contributed by atoms with Crippen molar-refractivity contribution in [3.8, 4) is 0 Å². The molecule has 0 saturated carbocycles. The number of thiophene rings is 1. The third-order valence-corrected chi connectivity index (χ3v) is 9.39. The van der Waals surface area contributed by atoms with Crippen molar-refractivity contribution >= 4 is 49.1 Å². The molecule has 1 fully saturated rings. The molecule has 1 N–H and O–H groups in total. The van der Waals surface area contributed by atoms with E-state index >= 15 is 0 Å². The highest BCUT2D eigenvalue weighted by Gasteiger charge is 2.36. The van der Waals surface area contributed by atoms with Crippen LogP contribution in [0.1, 0.15) is 43.5 Å². The van der Waals surface area contributed by atoms with Crippen LogP contribution in [0.4, 0.5) is 0 Å². The Bertz CT molecular complexity index is 1100. The van der Waals surface area contributed by atoms with Gasteiger partial charge in [-0.3, -0.25) is 9.59 Å². The summed E-state index contributed by atoms with van der Waals surface area (Å²) in [6.45, 7) is 10.3. The van der Waals surface area contributed by atoms with Crippen molar-refractivity contribution in [1.82, 2.24) is 14.9 Å². The normalized spacial score (nSPS) is 19.5. The third-order valence-electron chi connectivity index (χ3n) is 5.40. The van der Waals surface area contributed by atoms with Gasteiger partial charge in [-0.25, -0.2) is 13.4 Å². The largest absolute Gasteiger partial charge is 0.337 e. The zero-order valence-corrected chi connectivity index (χ0v) is 20.5. The fourth-order valence-electron chi connectivity index (χ4n) is 3.71. The molecule has 3 heterocycles. The number of nitrogens with zero attached hydrogens (tertiary/aromatic N) is 2. The number of thioether (sulfide) groups is 1. The lowest BCUT2D eigenvalue weighted by molar-refractivity contribution is -0.132. The lowest BCUT2D eigenvalue weighted by Crippen LogP contribution is -2.46. The van der Waals surface area contributed by atoms with Gasteiger partial charge in [0.15, 0.2) is 9.84 Å². The van der Waals surface area contributed by atoms with E-state index in [9.17, 15) is 18.0 Å². The molecular formula is C20H29N3O4S3. The van der Waals surface area contributed by atoms with Crippen molar-refractivity contribution in [2.24, 2.45) is 5.92 Å². The maximum Gasteiger partial charge on any atom is 0.259 e. The molecule has 0 aliphatic carbocycles. The Kier molecular flexibility index (Phi) is 6.98. The number of fused-ring (bicyclic) bond motifs is 1. The average Bonchev–Trinajstić information content (AvgIpc) is 3.15. The molecule has 3 rings (SSSR count). The first-order chi connectivity index (χ1) is 14.0. The summed E-state index contributed by atoms with van der Waals surface area (Å²) in [5.41, 5.74) is 0.816. The lowest BCUT2D eigenvalue weighted by Gasteiger charge is -2.32. The smallest absolute Gasteiger partial charge is 0.259 e. The van der Waals surface area contributed by atoms with Crippen molar-refractivity contribution < 1.29 is 13.2 Å². The molecule has 1 saturated heterocycles. The monoisotopic (exact) mass is 471 g/mol. The number of carbonyl (C=O) groups is 1. The third kappa shape index (κ3) is 5.08. The maximum atomic E-state index is 13.1. The van der Waals surface area contributed by atoms with Crippen LogP contribution >= 0.6 is 23.1 Å². The van der Waals surface area contributed by atoms with Crippen LogP contribution in [0, 0.1) is 19.8 Å². The van der Waals surface area contributed by atoms with Crippen LogP contribution in [0.3, 0.4) is 0 Å². The van der Waals surface area contributed by atoms with Gasteiger partial charge in [0.25, 0.3) is 5.56 Å². The van der Waals surface area contributed by atoms with Crippen molar-refractivity contribution in [3.63, 3.8) is 0 Å². The van der Waals surface area contributed by atoms with Crippen LogP contribution in [-0.2, 0) is 20.4 Å². The van der Waals surface area contributed by atoms with Crippen LogP contribution in [0.25, 0.3) is 10.2 Å². The summed E-state index contributed by atoms with van der Waals surface area (Å²) in [5.74, 6) is 1.35. The summed E-state index contributed by atoms with van der Waals surface area (Å²) < 4.78 is 23.8. The Morgan fingerprint density at radius 2 is 2.03 bits per heavy atom. The average molecular weight is 472 g/mol. The molecule has 30 heavy (non-hydrogen) atoms. The zero-order valence-electron chi connectivity index (χ0n) is 18.0. The van der Waals surface area contributed by atoms with Crippen molar-refractivity contribution in [2.45, 2.75) is 58.1 Å². The number of nitrogens with one attached hydrogen (secondary N) is 1. The molecule has 1 aliphatic heterocycles. The Morgan fingerprint density at radius 1 is 1.33 bits per heavy atom.